The Morgan fingerprint density at radius 3 is 2.50 bits per heavy atom. The third-order valence-corrected chi connectivity index (χ3v) is 7.41. The Labute approximate surface area is 263 Å². The Bertz CT molecular complexity index is 1790. The highest BCUT2D eigenvalue weighted by molar-refractivity contribution is 7.14. The van der Waals surface area contributed by atoms with Crippen LogP contribution in [0.1, 0.15) is 21.5 Å². The van der Waals surface area contributed by atoms with Gasteiger partial charge in [0.1, 0.15) is 0 Å². The van der Waals surface area contributed by atoms with Crippen molar-refractivity contribution in [2.24, 2.45) is 5.10 Å². The molecular weight excluding hydrogens is 598 g/mol. The van der Waals surface area contributed by atoms with E-state index in [-0.39, 0.29) is 18.4 Å². The van der Waals surface area contributed by atoms with Gasteiger partial charge in [0.15, 0.2) is 23.2 Å². The van der Waals surface area contributed by atoms with Gasteiger partial charge in [0.2, 0.25) is 0 Å². The fourth-order valence-electron chi connectivity index (χ4n) is 4.02. The molecule has 5 rings (SSSR count). The number of aromatic nitrogens is 1. The van der Waals surface area contributed by atoms with Crippen LogP contribution < -0.4 is 25.5 Å². The molecule has 5 aromatic rings. The van der Waals surface area contributed by atoms with Gasteiger partial charge in [-0.05, 0) is 67.1 Å². The summed E-state index contributed by atoms with van der Waals surface area (Å²) in [6.45, 7) is 1.81. The van der Waals surface area contributed by atoms with Crippen LogP contribution in [0.5, 0.6) is 11.5 Å². The summed E-state index contributed by atoms with van der Waals surface area (Å²) >= 11 is 7.59. The molecule has 1 heterocycles. The van der Waals surface area contributed by atoms with Crippen LogP contribution in [0.15, 0.2) is 101 Å². The summed E-state index contributed by atoms with van der Waals surface area (Å²) < 4.78 is 11.0. The van der Waals surface area contributed by atoms with Crippen LogP contribution in [-0.4, -0.2) is 36.7 Å². The number of hydrogen-bond donors (Lipinski definition) is 3. The number of hydrazone groups is 1. The highest BCUT2D eigenvalue weighted by Crippen LogP contribution is 2.29. The van der Waals surface area contributed by atoms with Gasteiger partial charge in [-0.3, -0.25) is 9.59 Å². The number of carbonyl (C=O) groups is 2. The largest absolute Gasteiger partial charge is 0.493 e. The number of ether oxygens (including phenoxy) is 2. The fourth-order valence-corrected chi connectivity index (χ4v) is 4.95. The van der Waals surface area contributed by atoms with E-state index >= 15 is 0 Å². The Morgan fingerprint density at radius 2 is 1.75 bits per heavy atom. The van der Waals surface area contributed by atoms with Crippen LogP contribution in [0.25, 0.3) is 11.3 Å². The number of nitrogens with zero attached hydrogens (tertiary/aromatic N) is 2. The molecular formula is C33H28ClN5O4S. The summed E-state index contributed by atoms with van der Waals surface area (Å²) in [6.07, 6.45) is 1.49. The first-order valence-electron chi connectivity index (χ1n) is 13.5. The Balaban J connectivity index is 1.13. The van der Waals surface area contributed by atoms with Crippen molar-refractivity contribution in [3.05, 3.63) is 118 Å². The van der Waals surface area contributed by atoms with E-state index in [0.29, 0.717) is 33.3 Å². The maximum absolute atomic E-state index is 12.7. The monoisotopic (exact) mass is 625 g/mol. The maximum Gasteiger partial charge on any atom is 0.271 e. The fraction of sp³-hybridized carbons (Fsp3) is 0.0909. The van der Waals surface area contributed by atoms with Crippen molar-refractivity contribution in [2.75, 3.05) is 24.4 Å². The number of nitrogens with one attached hydrogen (secondary N) is 3. The first-order valence-corrected chi connectivity index (χ1v) is 14.7. The van der Waals surface area contributed by atoms with Crippen LogP contribution in [-0.2, 0) is 4.79 Å². The number of amides is 2. The van der Waals surface area contributed by atoms with Crippen LogP contribution >= 0.6 is 22.9 Å². The molecule has 0 fully saturated rings. The topological polar surface area (TPSA) is 114 Å². The van der Waals surface area contributed by atoms with Crippen molar-refractivity contribution in [3.63, 3.8) is 0 Å². The van der Waals surface area contributed by atoms with Gasteiger partial charge in [-0.25, -0.2) is 10.4 Å². The summed E-state index contributed by atoms with van der Waals surface area (Å²) in [5.41, 5.74) is 8.03. The van der Waals surface area contributed by atoms with Crippen molar-refractivity contribution in [1.29, 1.82) is 0 Å². The van der Waals surface area contributed by atoms with Crippen molar-refractivity contribution in [3.8, 4) is 22.8 Å². The zero-order valence-corrected chi connectivity index (χ0v) is 25.4. The Hall–Kier alpha value is -5.19. The number of halogens is 1. The van der Waals surface area contributed by atoms with Gasteiger partial charge < -0.3 is 20.1 Å². The van der Waals surface area contributed by atoms with Crippen LogP contribution in [0.2, 0.25) is 5.02 Å². The van der Waals surface area contributed by atoms with E-state index in [4.69, 9.17) is 21.1 Å². The second-order valence-electron chi connectivity index (χ2n) is 9.53. The number of rotatable bonds is 11. The molecule has 0 saturated carbocycles. The molecule has 222 valence electrons. The van der Waals surface area contributed by atoms with Crippen molar-refractivity contribution in [1.82, 2.24) is 10.4 Å². The average molecular weight is 626 g/mol. The molecule has 1 aromatic heterocycles. The molecule has 44 heavy (non-hydrogen) atoms. The lowest BCUT2D eigenvalue weighted by atomic mass is 10.1. The highest BCUT2D eigenvalue weighted by Gasteiger charge is 2.11. The van der Waals surface area contributed by atoms with Gasteiger partial charge in [-0.1, -0.05) is 53.6 Å². The molecule has 0 atom stereocenters. The number of benzene rings is 4. The smallest absolute Gasteiger partial charge is 0.271 e. The molecule has 11 heteroatoms. The zero-order chi connectivity index (χ0) is 30.9. The van der Waals surface area contributed by atoms with Gasteiger partial charge >= 0.3 is 0 Å². The molecule has 4 aromatic carbocycles. The first kappa shape index (κ1) is 30.3. The van der Waals surface area contributed by atoms with Crippen LogP contribution in [0, 0.1) is 6.92 Å². The summed E-state index contributed by atoms with van der Waals surface area (Å²) in [4.78, 5) is 29.6. The molecule has 2 amide bonds. The highest BCUT2D eigenvalue weighted by atomic mass is 35.5. The number of methoxy groups -OCH3 is 1. The van der Waals surface area contributed by atoms with E-state index in [1.165, 1.54) is 30.2 Å². The second-order valence-corrected chi connectivity index (χ2v) is 10.8. The van der Waals surface area contributed by atoms with Gasteiger partial charge in [0.25, 0.3) is 11.8 Å². The SMILES string of the molecule is COc1cc(/C=N/NC(=O)c2ccc(-c3csc(Nc4ccc(C)cc4)n3)cc2)ccc1OCC(=O)Nc1ccccc1Cl. The summed E-state index contributed by atoms with van der Waals surface area (Å²) in [5, 5.41) is 13.3. The summed E-state index contributed by atoms with van der Waals surface area (Å²) in [7, 11) is 1.49. The normalized spacial score (nSPS) is 10.8. The van der Waals surface area contributed by atoms with E-state index in [1.54, 1.807) is 54.6 Å². The van der Waals surface area contributed by atoms with Gasteiger partial charge in [-0.15, -0.1) is 11.3 Å². The Kier molecular flexibility index (Phi) is 9.85. The number of para-hydroxylation sites is 1. The van der Waals surface area contributed by atoms with E-state index in [2.05, 4.69) is 26.1 Å². The third-order valence-electron chi connectivity index (χ3n) is 6.32. The predicted octanol–water partition coefficient (Wildman–Crippen LogP) is 7.31. The molecule has 0 radical (unpaired) electrons. The van der Waals surface area contributed by atoms with Gasteiger partial charge in [-0.2, -0.15) is 5.10 Å². The van der Waals surface area contributed by atoms with E-state index in [1.807, 2.05) is 48.7 Å². The second kappa shape index (κ2) is 14.3. The molecule has 0 spiro atoms. The molecule has 0 bridgehead atoms. The maximum atomic E-state index is 12.7. The predicted molar refractivity (Wildman–Crippen MR) is 176 cm³/mol. The molecule has 0 aliphatic rings. The van der Waals surface area contributed by atoms with Crippen molar-refractivity contribution >= 4 is 57.5 Å². The van der Waals surface area contributed by atoms with Gasteiger partial charge in [0.05, 0.1) is 29.7 Å². The number of aryl methyl sites for hydroxylation is 1. The molecule has 0 aliphatic carbocycles. The van der Waals surface area contributed by atoms with Gasteiger partial charge in [0, 0.05) is 22.2 Å². The number of hydrogen-bond acceptors (Lipinski definition) is 8. The minimum atomic E-state index is -0.368. The van der Waals surface area contributed by atoms with Crippen molar-refractivity contribution in [2.45, 2.75) is 6.92 Å². The third kappa shape index (κ3) is 8.00. The van der Waals surface area contributed by atoms with Crippen LogP contribution in [0.3, 0.4) is 0 Å². The minimum absolute atomic E-state index is 0.238. The molecule has 0 unspecified atom stereocenters. The summed E-state index contributed by atoms with van der Waals surface area (Å²) in [5.74, 6) is 0.0548. The minimum Gasteiger partial charge on any atom is -0.493 e. The molecule has 9 nitrogen and oxygen atoms in total. The standard InChI is InChI=1S/C33H28ClN5O4S/c1-21-7-14-25(15-8-21)36-33-38-28(20-44-33)23-10-12-24(13-11-23)32(41)39-35-18-22-9-16-29(30(17-22)42-2)43-19-31(40)37-27-6-4-3-5-26(27)34/h3-18,20H,19H2,1-2H3,(H,36,38)(H,37,40)(H,39,41)/b35-18+. The zero-order valence-electron chi connectivity index (χ0n) is 23.8. The molecule has 3 N–H and O–H groups in total. The van der Waals surface area contributed by atoms with E-state index in [0.717, 1.165) is 22.1 Å². The number of thiazole rings is 1. The van der Waals surface area contributed by atoms with E-state index in [9.17, 15) is 9.59 Å². The Morgan fingerprint density at radius 1 is 0.977 bits per heavy atom. The number of anilines is 3. The van der Waals surface area contributed by atoms with Crippen molar-refractivity contribution < 1.29 is 19.1 Å². The molecule has 0 saturated heterocycles. The molecule has 0 aliphatic heterocycles. The first-order chi connectivity index (χ1) is 21.4. The lowest BCUT2D eigenvalue weighted by Crippen LogP contribution is -2.20. The van der Waals surface area contributed by atoms with Crippen LogP contribution in [0.4, 0.5) is 16.5 Å². The lowest BCUT2D eigenvalue weighted by molar-refractivity contribution is -0.118. The number of carbonyl (C=O) groups excluding carboxylic acids is 2. The quantitative estimate of drug-likeness (QED) is 0.105. The summed E-state index contributed by atoms with van der Waals surface area (Å²) in [6, 6.07) is 27.3. The lowest BCUT2D eigenvalue weighted by Gasteiger charge is -2.12. The van der Waals surface area contributed by atoms with E-state index < -0.39 is 0 Å². The average Bonchev–Trinajstić information content (AvgIpc) is 3.51.